The molecule has 1 spiro atoms. The van der Waals surface area contributed by atoms with Crippen molar-refractivity contribution >= 4 is 5.78 Å². The Hall–Kier alpha value is -0.330. The number of rotatable bonds is 0. The molecule has 2 bridgehead atoms. The van der Waals surface area contributed by atoms with E-state index in [0.29, 0.717) is 22.5 Å². The van der Waals surface area contributed by atoms with Crippen LogP contribution in [0.2, 0.25) is 0 Å². The van der Waals surface area contributed by atoms with Crippen LogP contribution in [0.5, 0.6) is 0 Å². The summed E-state index contributed by atoms with van der Waals surface area (Å²) in [5.74, 6) is 1.03. The standard InChI is InChI=1S/C14H22O/c1-12(2)6-4-5-10-11(15)13(3)7-8-14(10,12)9-13/h10H,4-9H2,1-3H3/t10?,13-,14-/m0/s1. The topological polar surface area (TPSA) is 17.1 Å². The lowest BCUT2D eigenvalue weighted by Gasteiger charge is -2.51. The maximum atomic E-state index is 12.4. The highest BCUT2D eigenvalue weighted by atomic mass is 16.1. The predicted molar refractivity (Wildman–Crippen MR) is 60.5 cm³/mol. The van der Waals surface area contributed by atoms with Gasteiger partial charge >= 0.3 is 0 Å². The van der Waals surface area contributed by atoms with Crippen molar-refractivity contribution in [1.29, 1.82) is 0 Å². The van der Waals surface area contributed by atoms with E-state index >= 15 is 0 Å². The highest BCUT2D eigenvalue weighted by molar-refractivity contribution is 5.91. The SMILES string of the molecule is CC1(C)CCCC2C(=O)[C@@]3(C)CC[C@]21C3. The van der Waals surface area contributed by atoms with Crippen molar-refractivity contribution in [3.05, 3.63) is 0 Å². The van der Waals surface area contributed by atoms with E-state index in [1.54, 1.807) is 0 Å². The van der Waals surface area contributed by atoms with Crippen LogP contribution in [0.15, 0.2) is 0 Å². The normalized spacial score (nSPS) is 51.9. The van der Waals surface area contributed by atoms with Gasteiger partial charge in [0.1, 0.15) is 5.78 Å². The second-order valence-electron chi connectivity index (χ2n) is 7.09. The number of carbonyl (C=O) groups is 1. The molecule has 3 saturated carbocycles. The molecule has 0 aliphatic heterocycles. The van der Waals surface area contributed by atoms with Gasteiger partial charge in [-0.25, -0.2) is 0 Å². The fraction of sp³-hybridized carbons (Fsp3) is 0.929. The Balaban J connectivity index is 2.10. The van der Waals surface area contributed by atoms with E-state index in [9.17, 15) is 4.79 Å². The first-order valence-electron chi connectivity index (χ1n) is 6.46. The molecular weight excluding hydrogens is 184 g/mol. The van der Waals surface area contributed by atoms with Crippen molar-refractivity contribution in [1.82, 2.24) is 0 Å². The van der Waals surface area contributed by atoms with Gasteiger partial charge in [0, 0.05) is 11.3 Å². The molecule has 15 heavy (non-hydrogen) atoms. The maximum Gasteiger partial charge on any atom is 0.142 e. The van der Waals surface area contributed by atoms with Crippen LogP contribution in [0.3, 0.4) is 0 Å². The first-order valence-corrected chi connectivity index (χ1v) is 6.46. The maximum absolute atomic E-state index is 12.4. The van der Waals surface area contributed by atoms with Crippen molar-refractivity contribution in [2.45, 2.75) is 59.3 Å². The number of fused-ring (bicyclic) bond motifs is 1. The fourth-order valence-electron chi connectivity index (χ4n) is 5.01. The van der Waals surface area contributed by atoms with Gasteiger partial charge in [-0.2, -0.15) is 0 Å². The second kappa shape index (κ2) is 2.49. The highest BCUT2D eigenvalue weighted by Crippen LogP contribution is 2.72. The monoisotopic (exact) mass is 206 g/mol. The summed E-state index contributed by atoms with van der Waals surface area (Å²) in [6.45, 7) is 7.03. The lowest BCUT2D eigenvalue weighted by molar-refractivity contribution is -0.136. The Morgan fingerprint density at radius 1 is 1.13 bits per heavy atom. The van der Waals surface area contributed by atoms with E-state index in [1.165, 1.54) is 32.1 Å². The Morgan fingerprint density at radius 2 is 1.87 bits per heavy atom. The summed E-state index contributed by atoms with van der Waals surface area (Å²) in [5, 5.41) is 0. The zero-order chi connectivity index (χ0) is 10.9. The number of carbonyl (C=O) groups excluding carboxylic acids is 1. The molecule has 3 fully saturated rings. The van der Waals surface area contributed by atoms with E-state index in [-0.39, 0.29) is 5.41 Å². The molecule has 0 radical (unpaired) electrons. The zero-order valence-electron chi connectivity index (χ0n) is 10.2. The van der Waals surface area contributed by atoms with Gasteiger partial charge in [0.2, 0.25) is 0 Å². The van der Waals surface area contributed by atoms with Gasteiger partial charge in [0.15, 0.2) is 0 Å². The van der Waals surface area contributed by atoms with Crippen molar-refractivity contribution < 1.29 is 4.79 Å². The molecule has 0 saturated heterocycles. The summed E-state index contributed by atoms with van der Waals surface area (Å²) < 4.78 is 0. The third-order valence-electron chi connectivity index (χ3n) is 6.05. The van der Waals surface area contributed by atoms with Gasteiger partial charge in [-0.15, -0.1) is 0 Å². The van der Waals surface area contributed by atoms with Crippen LogP contribution in [0.4, 0.5) is 0 Å². The van der Waals surface area contributed by atoms with Gasteiger partial charge in [-0.1, -0.05) is 27.2 Å². The molecule has 0 heterocycles. The summed E-state index contributed by atoms with van der Waals surface area (Å²) in [7, 11) is 0. The predicted octanol–water partition coefficient (Wildman–Crippen LogP) is 3.57. The molecule has 0 amide bonds. The van der Waals surface area contributed by atoms with Crippen LogP contribution >= 0.6 is 0 Å². The summed E-state index contributed by atoms with van der Waals surface area (Å²) in [5.41, 5.74) is 0.850. The van der Waals surface area contributed by atoms with E-state index in [4.69, 9.17) is 0 Å². The molecule has 1 nitrogen and oxygen atoms in total. The van der Waals surface area contributed by atoms with Crippen molar-refractivity contribution in [3.63, 3.8) is 0 Å². The molecule has 3 aliphatic carbocycles. The molecular formula is C14H22O. The molecule has 3 rings (SSSR count). The van der Waals surface area contributed by atoms with Crippen LogP contribution in [0.1, 0.15) is 59.3 Å². The van der Waals surface area contributed by atoms with Crippen LogP contribution in [-0.2, 0) is 4.79 Å². The molecule has 0 N–H and O–H groups in total. The minimum atomic E-state index is 0.0618. The largest absolute Gasteiger partial charge is 0.299 e. The number of Topliss-reactive ketones (excluding diaryl/α,β-unsaturated/α-hetero) is 1. The summed E-state index contributed by atoms with van der Waals surface area (Å²) in [6, 6.07) is 0. The molecule has 3 aliphatic rings. The lowest BCUT2D eigenvalue weighted by Crippen LogP contribution is -2.46. The average molecular weight is 206 g/mol. The average Bonchev–Trinajstić information content (AvgIpc) is 2.60. The molecule has 3 atom stereocenters. The summed E-state index contributed by atoms with van der Waals surface area (Å²) in [4.78, 5) is 12.4. The van der Waals surface area contributed by atoms with Gasteiger partial charge in [-0.05, 0) is 42.9 Å². The van der Waals surface area contributed by atoms with Crippen LogP contribution < -0.4 is 0 Å². The van der Waals surface area contributed by atoms with Gasteiger partial charge in [-0.3, -0.25) is 4.79 Å². The van der Waals surface area contributed by atoms with Crippen molar-refractivity contribution in [2.24, 2.45) is 22.2 Å². The third-order valence-corrected chi connectivity index (χ3v) is 6.05. The highest BCUT2D eigenvalue weighted by Gasteiger charge is 2.68. The smallest absolute Gasteiger partial charge is 0.142 e. The fourth-order valence-corrected chi connectivity index (χ4v) is 5.01. The molecule has 1 heteroatoms. The Labute approximate surface area is 92.6 Å². The first kappa shape index (κ1) is 9.86. The van der Waals surface area contributed by atoms with E-state index < -0.39 is 0 Å². The Kier molecular flexibility index (Phi) is 1.64. The molecule has 0 aromatic heterocycles. The van der Waals surface area contributed by atoms with Crippen LogP contribution in [0, 0.1) is 22.2 Å². The van der Waals surface area contributed by atoms with E-state index in [2.05, 4.69) is 20.8 Å². The molecule has 84 valence electrons. The number of hydrogen-bond donors (Lipinski definition) is 0. The minimum Gasteiger partial charge on any atom is -0.299 e. The van der Waals surface area contributed by atoms with E-state index in [1.807, 2.05) is 0 Å². The van der Waals surface area contributed by atoms with Gasteiger partial charge < -0.3 is 0 Å². The molecule has 0 aromatic rings. The van der Waals surface area contributed by atoms with Crippen LogP contribution in [-0.4, -0.2) is 5.78 Å². The summed E-state index contributed by atoms with van der Waals surface area (Å²) >= 11 is 0. The molecule has 0 aromatic carbocycles. The third kappa shape index (κ3) is 0.933. The minimum absolute atomic E-state index is 0.0618. The number of hydrogen-bond acceptors (Lipinski definition) is 1. The first-order chi connectivity index (χ1) is 6.91. The van der Waals surface area contributed by atoms with E-state index in [0.717, 1.165) is 6.42 Å². The number of ketones is 1. The lowest BCUT2D eigenvalue weighted by atomic mass is 9.53. The van der Waals surface area contributed by atoms with Crippen molar-refractivity contribution in [3.8, 4) is 0 Å². The Bertz CT molecular complexity index is 330. The van der Waals surface area contributed by atoms with Crippen molar-refractivity contribution in [2.75, 3.05) is 0 Å². The van der Waals surface area contributed by atoms with Gasteiger partial charge in [0.05, 0.1) is 0 Å². The van der Waals surface area contributed by atoms with Gasteiger partial charge in [0.25, 0.3) is 0 Å². The quantitative estimate of drug-likeness (QED) is 0.592. The zero-order valence-corrected chi connectivity index (χ0v) is 10.2. The van der Waals surface area contributed by atoms with Crippen LogP contribution in [0.25, 0.3) is 0 Å². The molecule has 1 unspecified atom stereocenters. The Morgan fingerprint density at radius 3 is 2.53 bits per heavy atom. The summed E-state index contributed by atoms with van der Waals surface area (Å²) in [6.07, 6.45) is 7.43. The second-order valence-corrected chi connectivity index (χ2v) is 7.09.